The second kappa shape index (κ2) is 6.10. The molecule has 2 aromatic rings. The van der Waals surface area contributed by atoms with Crippen molar-refractivity contribution in [3.05, 3.63) is 35.7 Å². The summed E-state index contributed by atoms with van der Waals surface area (Å²) in [6, 6.07) is 7.60. The van der Waals surface area contributed by atoms with E-state index < -0.39 is 5.97 Å². The summed E-state index contributed by atoms with van der Waals surface area (Å²) in [7, 11) is 1.64. The van der Waals surface area contributed by atoms with Crippen LogP contribution in [0.3, 0.4) is 0 Å². The van der Waals surface area contributed by atoms with Gasteiger partial charge in [-0.15, -0.1) is 0 Å². The predicted octanol–water partition coefficient (Wildman–Crippen LogP) is 1.90. The molecule has 1 aromatic carbocycles. The fraction of sp³-hybridized carbons (Fsp3) is 0.308. The van der Waals surface area contributed by atoms with Crippen molar-refractivity contribution >= 4 is 5.97 Å². The van der Waals surface area contributed by atoms with Crippen LogP contribution in [-0.4, -0.2) is 28.3 Å². The van der Waals surface area contributed by atoms with Gasteiger partial charge in [-0.25, -0.2) is 0 Å². The van der Waals surface area contributed by atoms with E-state index in [9.17, 15) is 4.79 Å². The molecule has 0 saturated carbocycles. The van der Waals surface area contributed by atoms with E-state index in [1.807, 2.05) is 24.3 Å². The molecule has 0 amide bonds. The number of aryl methyl sites for hydroxylation is 1. The summed E-state index contributed by atoms with van der Waals surface area (Å²) < 4.78 is 10.0. The van der Waals surface area contributed by atoms with E-state index >= 15 is 0 Å². The predicted molar refractivity (Wildman–Crippen MR) is 66.4 cm³/mol. The van der Waals surface area contributed by atoms with Crippen molar-refractivity contribution in [3.8, 4) is 11.4 Å². The van der Waals surface area contributed by atoms with Crippen molar-refractivity contribution in [2.24, 2.45) is 0 Å². The van der Waals surface area contributed by atoms with Crippen LogP contribution < -0.4 is 0 Å². The standard InChI is InChI=1S/C13H14N2O4/c1-18-8-9-2-4-10(5-3-9)13-14-11(19-15-13)6-7-12(16)17/h2-5H,6-8H2,1H3,(H,16,17). The fourth-order valence-corrected chi connectivity index (χ4v) is 1.60. The fourth-order valence-electron chi connectivity index (χ4n) is 1.60. The number of methoxy groups -OCH3 is 1. The molecule has 2 rings (SSSR count). The molecule has 0 radical (unpaired) electrons. The summed E-state index contributed by atoms with van der Waals surface area (Å²) in [5, 5.41) is 12.4. The summed E-state index contributed by atoms with van der Waals surface area (Å²) in [5.74, 6) is -0.0913. The first kappa shape index (κ1) is 13.2. The van der Waals surface area contributed by atoms with Gasteiger partial charge in [0.1, 0.15) is 0 Å². The van der Waals surface area contributed by atoms with Gasteiger partial charge in [-0.1, -0.05) is 29.4 Å². The highest BCUT2D eigenvalue weighted by molar-refractivity contribution is 5.66. The van der Waals surface area contributed by atoms with Gasteiger partial charge in [0.15, 0.2) is 0 Å². The average molecular weight is 262 g/mol. The molecule has 0 atom stereocenters. The molecule has 19 heavy (non-hydrogen) atoms. The lowest BCUT2D eigenvalue weighted by atomic mass is 10.1. The number of aromatic nitrogens is 2. The van der Waals surface area contributed by atoms with Crippen LogP contribution in [0.5, 0.6) is 0 Å². The number of rotatable bonds is 6. The first-order valence-electron chi connectivity index (χ1n) is 5.81. The van der Waals surface area contributed by atoms with Gasteiger partial charge >= 0.3 is 5.97 Å². The molecule has 0 aliphatic heterocycles. The van der Waals surface area contributed by atoms with Crippen LogP contribution in [0.15, 0.2) is 28.8 Å². The van der Waals surface area contributed by atoms with E-state index in [-0.39, 0.29) is 12.8 Å². The molecule has 1 aromatic heterocycles. The van der Waals surface area contributed by atoms with Crippen LogP contribution in [0.4, 0.5) is 0 Å². The zero-order valence-electron chi connectivity index (χ0n) is 10.5. The zero-order chi connectivity index (χ0) is 13.7. The molecule has 0 aliphatic rings. The van der Waals surface area contributed by atoms with E-state index in [0.29, 0.717) is 18.3 Å². The minimum atomic E-state index is -0.885. The first-order valence-corrected chi connectivity index (χ1v) is 5.81. The molecule has 0 bridgehead atoms. The first-order chi connectivity index (χ1) is 9.19. The topological polar surface area (TPSA) is 85.5 Å². The number of ether oxygens (including phenoxy) is 1. The molecule has 0 fully saturated rings. The van der Waals surface area contributed by atoms with E-state index in [1.165, 1.54) is 0 Å². The minimum Gasteiger partial charge on any atom is -0.481 e. The molecule has 1 N–H and O–H groups in total. The lowest BCUT2D eigenvalue weighted by molar-refractivity contribution is -0.137. The largest absolute Gasteiger partial charge is 0.481 e. The smallest absolute Gasteiger partial charge is 0.303 e. The Hall–Kier alpha value is -2.21. The summed E-state index contributed by atoms with van der Waals surface area (Å²) >= 11 is 0. The van der Waals surface area contributed by atoms with Crippen molar-refractivity contribution < 1.29 is 19.2 Å². The molecule has 100 valence electrons. The van der Waals surface area contributed by atoms with E-state index in [4.69, 9.17) is 14.4 Å². The number of carbonyl (C=O) groups is 1. The lowest BCUT2D eigenvalue weighted by Crippen LogP contribution is -1.97. The van der Waals surface area contributed by atoms with Gasteiger partial charge in [-0.3, -0.25) is 4.79 Å². The van der Waals surface area contributed by atoms with Crippen LogP contribution in [0.2, 0.25) is 0 Å². The van der Waals surface area contributed by atoms with Crippen LogP contribution in [0.25, 0.3) is 11.4 Å². The molecular formula is C13H14N2O4. The maximum Gasteiger partial charge on any atom is 0.303 e. The number of carboxylic acid groups (broad SMARTS) is 1. The average Bonchev–Trinajstić information content (AvgIpc) is 2.86. The number of hydrogen-bond donors (Lipinski definition) is 1. The molecule has 0 spiro atoms. The summed E-state index contributed by atoms with van der Waals surface area (Å²) in [4.78, 5) is 14.6. The highest BCUT2D eigenvalue weighted by Gasteiger charge is 2.09. The van der Waals surface area contributed by atoms with Gasteiger partial charge in [-0.2, -0.15) is 4.98 Å². The summed E-state index contributed by atoms with van der Waals surface area (Å²) in [6.45, 7) is 0.552. The van der Waals surface area contributed by atoms with Crippen molar-refractivity contribution in [2.45, 2.75) is 19.4 Å². The second-order valence-electron chi connectivity index (χ2n) is 4.04. The third kappa shape index (κ3) is 3.62. The van der Waals surface area contributed by atoms with Crippen LogP contribution in [0.1, 0.15) is 17.9 Å². The van der Waals surface area contributed by atoms with Gasteiger partial charge in [0.25, 0.3) is 0 Å². The third-order valence-corrected chi connectivity index (χ3v) is 2.54. The van der Waals surface area contributed by atoms with Crippen LogP contribution in [0, 0.1) is 0 Å². The normalized spacial score (nSPS) is 10.6. The Labute approximate surface area is 110 Å². The zero-order valence-corrected chi connectivity index (χ0v) is 10.5. The van der Waals surface area contributed by atoms with Gasteiger partial charge in [0.05, 0.1) is 13.0 Å². The molecule has 6 nitrogen and oxygen atoms in total. The molecule has 0 unspecified atom stereocenters. The highest BCUT2D eigenvalue weighted by Crippen LogP contribution is 2.17. The lowest BCUT2D eigenvalue weighted by Gasteiger charge is -1.99. The van der Waals surface area contributed by atoms with Crippen molar-refractivity contribution in [1.82, 2.24) is 10.1 Å². The Morgan fingerprint density at radius 3 is 2.74 bits per heavy atom. The molecule has 0 saturated heterocycles. The Bertz CT molecular complexity index is 548. The van der Waals surface area contributed by atoms with Gasteiger partial charge in [0.2, 0.25) is 11.7 Å². The number of nitrogens with zero attached hydrogens (tertiary/aromatic N) is 2. The van der Waals surface area contributed by atoms with Gasteiger partial charge < -0.3 is 14.4 Å². The Morgan fingerprint density at radius 2 is 2.11 bits per heavy atom. The van der Waals surface area contributed by atoms with E-state index in [2.05, 4.69) is 10.1 Å². The third-order valence-electron chi connectivity index (χ3n) is 2.54. The van der Waals surface area contributed by atoms with Crippen molar-refractivity contribution in [3.63, 3.8) is 0 Å². The number of aliphatic carboxylic acids is 1. The summed E-state index contributed by atoms with van der Waals surface area (Å²) in [6.07, 6.45) is 0.221. The second-order valence-corrected chi connectivity index (χ2v) is 4.04. The maximum atomic E-state index is 10.4. The van der Waals surface area contributed by atoms with Crippen molar-refractivity contribution in [2.75, 3.05) is 7.11 Å². The van der Waals surface area contributed by atoms with Crippen LogP contribution in [-0.2, 0) is 22.6 Å². The van der Waals surface area contributed by atoms with E-state index in [1.54, 1.807) is 7.11 Å². The number of benzene rings is 1. The number of carboxylic acids is 1. The van der Waals surface area contributed by atoms with Crippen LogP contribution >= 0.6 is 0 Å². The molecular weight excluding hydrogens is 248 g/mol. The van der Waals surface area contributed by atoms with Gasteiger partial charge in [-0.05, 0) is 5.56 Å². The Morgan fingerprint density at radius 1 is 1.37 bits per heavy atom. The minimum absolute atomic E-state index is 0.0194. The monoisotopic (exact) mass is 262 g/mol. The summed E-state index contributed by atoms with van der Waals surface area (Å²) in [5.41, 5.74) is 1.88. The SMILES string of the molecule is COCc1ccc(-c2noc(CCC(=O)O)n2)cc1. The van der Waals surface area contributed by atoms with Crippen molar-refractivity contribution in [1.29, 1.82) is 0 Å². The number of hydrogen-bond acceptors (Lipinski definition) is 5. The van der Waals surface area contributed by atoms with E-state index in [0.717, 1.165) is 11.1 Å². The highest BCUT2D eigenvalue weighted by atomic mass is 16.5. The quantitative estimate of drug-likeness (QED) is 0.855. The van der Waals surface area contributed by atoms with Gasteiger partial charge in [0, 0.05) is 19.1 Å². The Kier molecular flexibility index (Phi) is 4.25. The molecule has 1 heterocycles. The molecule has 6 heteroatoms. The molecule has 0 aliphatic carbocycles. The maximum absolute atomic E-state index is 10.4. The Balaban J connectivity index is 2.07.